The Morgan fingerprint density at radius 1 is 1.18 bits per heavy atom. The lowest BCUT2D eigenvalue weighted by atomic mass is 9.48. The van der Waals surface area contributed by atoms with Crippen molar-refractivity contribution in [2.45, 2.75) is 63.3 Å². The fourth-order valence-electron chi connectivity index (χ4n) is 6.65. The van der Waals surface area contributed by atoms with Gasteiger partial charge in [0, 0.05) is 5.41 Å². The minimum Gasteiger partial charge on any atom is -0.369 e. The molecule has 5 heteroatoms. The highest BCUT2D eigenvalue weighted by atomic mass is 16.1. The summed E-state index contributed by atoms with van der Waals surface area (Å²) in [5, 5.41) is 12.4. The zero-order chi connectivity index (χ0) is 19.5. The first-order valence-corrected chi connectivity index (χ1v) is 10.6. The van der Waals surface area contributed by atoms with E-state index in [1.165, 1.54) is 11.1 Å². The van der Waals surface area contributed by atoms with Gasteiger partial charge in [0.25, 0.3) is 0 Å². The highest BCUT2D eigenvalue weighted by molar-refractivity contribution is 5.97. The van der Waals surface area contributed by atoms with Gasteiger partial charge in [-0.3, -0.25) is 15.1 Å². The summed E-state index contributed by atoms with van der Waals surface area (Å²) in [7, 11) is 0. The molecule has 1 aromatic rings. The van der Waals surface area contributed by atoms with Crippen LogP contribution in [0.3, 0.4) is 0 Å². The monoisotopic (exact) mass is 376 g/mol. The Kier molecular flexibility index (Phi) is 3.84. The lowest BCUT2D eigenvalue weighted by Crippen LogP contribution is -2.57. The molecule has 5 saturated carbocycles. The average Bonchev–Trinajstić information content (AvgIpc) is 3.45. The summed E-state index contributed by atoms with van der Waals surface area (Å²) >= 11 is 0. The highest BCUT2D eigenvalue weighted by Gasteiger charge is 2.58. The number of rotatable bonds is 4. The Hall–Kier alpha value is -2.35. The van der Waals surface area contributed by atoms with Crippen LogP contribution in [0, 0.1) is 41.5 Å². The molecule has 0 spiro atoms. The molecule has 4 bridgehead atoms. The molecule has 2 unspecified atom stereocenters. The molecule has 1 amide bonds. The highest BCUT2D eigenvalue weighted by Crippen LogP contribution is 2.61. The number of amidine groups is 1. The Balaban J connectivity index is 1.48. The first kappa shape index (κ1) is 17.7. The molecule has 5 fully saturated rings. The number of aliphatic imine (C=N–C) groups is 1. The van der Waals surface area contributed by atoms with Crippen LogP contribution in [0.5, 0.6) is 0 Å². The zero-order valence-corrected chi connectivity index (χ0v) is 16.4. The number of nitrogens with one attached hydrogen (secondary N) is 1. The summed E-state index contributed by atoms with van der Waals surface area (Å²) in [5.74, 6) is 2.19. The summed E-state index contributed by atoms with van der Waals surface area (Å²) in [5.41, 5.74) is 7.88. The molecule has 0 radical (unpaired) electrons. The summed E-state index contributed by atoms with van der Waals surface area (Å²) in [6.07, 6.45) is 9.22. The van der Waals surface area contributed by atoms with Gasteiger partial charge >= 0.3 is 0 Å². The summed E-state index contributed by atoms with van der Waals surface area (Å²) in [6, 6.07) is 8.84. The number of carbonyl (C=O) groups is 1. The Morgan fingerprint density at radius 2 is 1.82 bits per heavy atom. The molecule has 0 saturated heterocycles. The third kappa shape index (κ3) is 2.57. The summed E-state index contributed by atoms with van der Waals surface area (Å²) in [4.78, 5) is 17.4. The first-order chi connectivity index (χ1) is 13.5. The van der Waals surface area contributed by atoms with Crippen LogP contribution in [0.15, 0.2) is 29.3 Å². The third-order valence-electron chi connectivity index (χ3n) is 8.01. The van der Waals surface area contributed by atoms with Gasteiger partial charge in [-0.05, 0) is 75.2 Å². The lowest BCUT2D eigenvalue weighted by Gasteiger charge is -2.57. The molecule has 28 heavy (non-hydrogen) atoms. The molecule has 6 rings (SSSR count). The van der Waals surface area contributed by atoms with Gasteiger partial charge in [0.05, 0.1) is 11.5 Å². The first-order valence-electron chi connectivity index (χ1n) is 10.6. The van der Waals surface area contributed by atoms with Crippen LogP contribution in [-0.4, -0.2) is 17.8 Å². The van der Waals surface area contributed by atoms with E-state index >= 15 is 0 Å². The van der Waals surface area contributed by atoms with Gasteiger partial charge in [0.15, 0.2) is 6.19 Å². The van der Waals surface area contributed by atoms with Gasteiger partial charge in [-0.1, -0.05) is 29.8 Å². The lowest BCUT2D eigenvalue weighted by molar-refractivity contribution is -0.144. The summed E-state index contributed by atoms with van der Waals surface area (Å²) in [6.45, 7) is 2.09. The van der Waals surface area contributed by atoms with Crippen LogP contribution >= 0.6 is 0 Å². The van der Waals surface area contributed by atoms with E-state index in [-0.39, 0.29) is 22.8 Å². The van der Waals surface area contributed by atoms with E-state index in [9.17, 15) is 10.1 Å². The van der Waals surface area contributed by atoms with Crippen LogP contribution < -0.4 is 11.1 Å². The van der Waals surface area contributed by atoms with Crippen molar-refractivity contribution in [3.63, 3.8) is 0 Å². The molecule has 1 aromatic carbocycles. The molecule has 0 aromatic heterocycles. The van der Waals surface area contributed by atoms with Crippen molar-refractivity contribution in [2.75, 3.05) is 0 Å². The Morgan fingerprint density at radius 3 is 2.36 bits per heavy atom. The third-order valence-corrected chi connectivity index (χ3v) is 8.01. The van der Waals surface area contributed by atoms with Crippen LogP contribution in [-0.2, 0) is 10.2 Å². The Bertz CT molecular complexity index is 861. The van der Waals surface area contributed by atoms with E-state index in [1.54, 1.807) is 0 Å². The molecule has 5 nitrogen and oxygen atoms in total. The average molecular weight is 377 g/mol. The number of nitrogens with zero attached hydrogens (tertiary/aromatic N) is 2. The van der Waals surface area contributed by atoms with Crippen molar-refractivity contribution in [3.05, 3.63) is 35.4 Å². The normalized spacial score (nSPS) is 37.4. The Labute approximate surface area is 166 Å². The number of aryl methyl sites for hydroxylation is 1. The van der Waals surface area contributed by atoms with Crippen molar-refractivity contribution >= 4 is 11.7 Å². The molecule has 5 aliphatic rings. The quantitative estimate of drug-likeness (QED) is 0.366. The van der Waals surface area contributed by atoms with Crippen molar-refractivity contribution < 1.29 is 4.79 Å². The molecule has 2 atom stereocenters. The summed E-state index contributed by atoms with van der Waals surface area (Å²) < 4.78 is 0. The van der Waals surface area contributed by atoms with E-state index in [2.05, 4.69) is 42.7 Å². The number of nitrogens with two attached hydrogens (primary N) is 1. The number of carbonyl (C=O) groups excluding carboxylic acids is 1. The second-order valence-corrected chi connectivity index (χ2v) is 9.77. The van der Waals surface area contributed by atoms with Gasteiger partial charge in [-0.25, -0.2) is 0 Å². The molecule has 146 valence electrons. The van der Waals surface area contributed by atoms with E-state index in [4.69, 9.17) is 10.7 Å². The number of amides is 1. The van der Waals surface area contributed by atoms with Gasteiger partial charge in [-0.15, -0.1) is 0 Å². The predicted octanol–water partition coefficient (Wildman–Crippen LogP) is 3.18. The molecule has 5 aliphatic carbocycles. The minimum absolute atomic E-state index is 0.108. The number of primary amides is 1. The molecular weight excluding hydrogens is 348 g/mol. The van der Waals surface area contributed by atoms with Gasteiger partial charge in [-0.2, -0.15) is 5.26 Å². The molecule has 0 aliphatic heterocycles. The van der Waals surface area contributed by atoms with Crippen LogP contribution in [0.4, 0.5) is 0 Å². The standard InChI is InChI=1S/C23H28N4O/c1-14-2-4-18(5-3-14)23(6-7-23)21(26-13-24)27-19-16-8-15-9-17(19)12-22(10-15,11-16)20(25)28/h2-5,15-17,19H,6-12H2,1H3,(H2,25,28)(H,26,27). The van der Waals surface area contributed by atoms with Gasteiger partial charge in [0.2, 0.25) is 5.91 Å². The number of hydrogen-bond acceptors (Lipinski definition) is 3. The molecular formula is C23H28N4O. The van der Waals surface area contributed by atoms with Crippen LogP contribution in [0.2, 0.25) is 0 Å². The van der Waals surface area contributed by atoms with Gasteiger partial charge < -0.3 is 5.73 Å². The van der Waals surface area contributed by atoms with E-state index in [1.807, 2.05) is 0 Å². The van der Waals surface area contributed by atoms with Crippen molar-refractivity contribution in [3.8, 4) is 6.19 Å². The van der Waals surface area contributed by atoms with Crippen LogP contribution in [0.25, 0.3) is 0 Å². The zero-order valence-electron chi connectivity index (χ0n) is 16.4. The minimum atomic E-state index is -0.292. The van der Waals surface area contributed by atoms with E-state index < -0.39 is 0 Å². The predicted molar refractivity (Wildman–Crippen MR) is 107 cm³/mol. The smallest absolute Gasteiger partial charge is 0.223 e. The number of benzene rings is 1. The van der Waals surface area contributed by atoms with Gasteiger partial charge in [0.1, 0.15) is 5.84 Å². The molecule has 0 heterocycles. The SMILES string of the molecule is Cc1ccc(C2(C(=NC3C4CC5CC3CC(C(N)=O)(C5)C4)NC#N)CC2)cc1. The maximum absolute atomic E-state index is 12.2. The molecule has 3 N–H and O–H groups in total. The number of nitriles is 1. The topological polar surface area (TPSA) is 91.3 Å². The fourth-order valence-corrected chi connectivity index (χ4v) is 6.65. The van der Waals surface area contributed by atoms with E-state index in [0.29, 0.717) is 17.8 Å². The van der Waals surface area contributed by atoms with Crippen molar-refractivity contribution in [2.24, 2.45) is 33.9 Å². The largest absolute Gasteiger partial charge is 0.369 e. The second-order valence-electron chi connectivity index (χ2n) is 9.77. The van der Waals surface area contributed by atoms with Crippen molar-refractivity contribution in [1.29, 1.82) is 5.26 Å². The maximum atomic E-state index is 12.2. The fraction of sp³-hybridized carbons (Fsp3) is 0.609. The van der Waals surface area contributed by atoms with Crippen LogP contribution in [0.1, 0.15) is 56.1 Å². The van der Waals surface area contributed by atoms with Crippen molar-refractivity contribution in [1.82, 2.24) is 5.32 Å². The second kappa shape index (κ2) is 6.07. The van der Waals surface area contributed by atoms with E-state index in [0.717, 1.165) is 50.8 Å². The number of hydrogen-bond donors (Lipinski definition) is 2. The maximum Gasteiger partial charge on any atom is 0.223 e.